The van der Waals surface area contributed by atoms with E-state index in [1.54, 1.807) is 4.52 Å². The number of carbonyl (C=O) groups excluding carboxylic acids is 1. The largest absolute Gasteiger partial charge is 0.454 e. The quantitative estimate of drug-likeness (QED) is 0.377. The number of amides is 1. The lowest BCUT2D eigenvalue weighted by Gasteiger charge is -2.04. The Morgan fingerprint density at radius 3 is 2.97 bits per heavy atom. The van der Waals surface area contributed by atoms with E-state index in [1.165, 1.54) is 23.1 Å². The van der Waals surface area contributed by atoms with Crippen molar-refractivity contribution in [3.05, 3.63) is 54.1 Å². The van der Waals surface area contributed by atoms with Gasteiger partial charge in [0.2, 0.25) is 17.9 Å². The number of anilines is 1. The molecule has 1 aliphatic heterocycles. The van der Waals surface area contributed by atoms with Gasteiger partial charge >= 0.3 is 0 Å². The lowest BCUT2D eigenvalue weighted by molar-refractivity contribution is -0.113. The van der Waals surface area contributed by atoms with E-state index in [0.29, 0.717) is 21.7 Å². The molecular weight excluding hydrogens is 460 g/mol. The number of hydrogen-bond donors (Lipinski definition) is 1. The van der Waals surface area contributed by atoms with Crippen LogP contribution in [-0.2, 0) is 4.79 Å². The zero-order valence-electron chi connectivity index (χ0n) is 17.3. The Bertz CT molecular complexity index is 1530. The van der Waals surface area contributed by atoms with Gasteiger partial charge in [0.25, 0.3) is 0 Å². The van der Waals surface area contributed by atoms with Gasteiger partial charge in [0.1, 0.15) is 0 Å². The molecule has 4 heterocycles. The van der Waals surface area contributed by atoms with Crippen LogP contribution in [0.4, 0.5) is 5.13 Å². The Kier molecular flexibility index (Phi) is 4.84. The molecule has 0 spiro atoms. The molecule has 3 aromatic heterocycles. The van der Waals surface area contributed by atoms with Crippen LogP contribution >= 0.6 is 23.1 Å². The summed E-state index contributed by atoms with van der Waals surface area (Å²) in [5.41, 5.74) is 4.25. The van der Waals surface area contributed by atoms with Gasteiger partial charge in [-0.2, -0.15) is 9.61 Å². The van der Waals surface area contributed by atoms with Crippen LogP contribution in [0.3, 0.4) is 0 Å². The maximum atomic E-state index is 12.5. The van der Waals surface area contributed by atoms with E-state index in [1.807, 2.05) is 49.4 Å². The molecule has 0 saturated heterocycles. The summed E-state index contributed by atoms with van der Waals surface area (Å²) >= 11 is 2.72. The average molecular weight is 477 g/mol. The number of thiazole rings is 1. The second-order valence-electron chi connectivity index (χ2n) is 7.37. The molecule has 6 rings (SSSR count). The number of ether oxygens (including phenoxy) is 2. The summed E-state index contributed by atoms with van der Waals surface area (Å²) in [7, 11) is 0. The van der Waals surface area contributed by atoms with Gasteiger partial charge < -0.3 is 14.8 Å². The van der Waals surface area contributed by atoms with Gasteiger partial charge in [0.05, 0.1) is 21.7 Å². The second-order valence-corrected chi connectivity index (χ2v) is 9.34. The van der Waals surface area contributed by atoms with Crippen molar-refractivity contribution in [1.82, 2.24) is 24.8 Å². The molecule has 164 valence electrons. The maximum absolute atomic E-state index is 12.5. The first-order valence-corrected chi connectivity index (χ1v) is 11.8. The highest BCUT2D eigenvalue weighted by molar-refractivity contribution is 7.99. The third-order valence-corrected chi connectivity index (χ3v) is 6.88. The fraction of sp³-hybridized carbons (Fsp3) is 0.136. The minimum absolute atomic E-state index is 0.158. The molecule has 0 aliphatic carbocycles. The zero-order chi connectivity index (χ0) is 22.4. The van der Waals surface area contributed by atoms with Crippen molar-refractivity contribution in [1.29, 1.82) is 0 Å². The summed E-state index contributed by atoms with van der Waals surface area (Å²) in [5, 5.41) is 17.0. The average Bonchev–Trinajstić information content (AvgIpc) is 3.54. The molecule has 11 heteroatoms. The number of aromatic nitrogens is 5. The lowest BCUT2D eigenvalue weighted by atomic mass is 10.1. The Labute approximate surface area is 195 Å². The molecule has 0 radical (unpaired) electrons. The third kappa shape index (κ3) is 3.85. The minimum Gasteiger partial charge on any atom is -0.454 e. The summed E-state index contributed by atoms with van der Waals surface area (Å²) < 4.78 is 13.5. The van der Waals surface area contributed by atoms with Gasteiger partial charge in [0, 0.05) is 5.56 Å². The topological polar surface area (TPSA) is 104 Å². The molecule has 0 unspecified atom stereocenters. The van der Waals surface area contributed by atoms with Crippen LogP contribution in [0.25, 0.3) is 27.1 Å². The standard InChI is InChI=1S/C22H16N6O3S2/c1-12-2-4-15-18(8-12)33-21(23-15)24-20(29)10-32-22-26-25-19-7-5-14(27-28(19)22)13-3-6-16-17(9-13)31-11-30-16/h2-9H,10-11H2,1H3,(H,23,24,29). The van der Waals surface area contributed by atoms with E-state index in [-0.39, 0.29) is 18.5 Å². The van der Waals surface area contributed by atoms with Crippen LogP contribution in [-0.4, -0.2) is 43.2 Å². The number of rotatable bonds is 5. The molecule has 2 aromatic carbocycles. The van der Waals surface area contributed by atoms with Crippen molar-refractivity contribution in [2.24, 2.45) is 0 Å². The Hall–Kier alpha value is -3.70. The molecule has 33 heavy (non-hydrogen) atoms. The number of aryl methyl sites for hydroxylation is 1. The van der Waals surface area contributed by atoms with Crippen LogP contribution in [0.5, 0.6) is 11.5 Å². The van der Waals surface area contributed by atoms with E-state index < -0.39 is 0 Å². The predicted octanol–water partition coefficient (Wildman–Crippen LogP) is 4.17. The fourth-order valence-electron chi connectivity index (χ4n) is 3.44. The van der Waals surface area contributed by atoms with Gasteiger partial charge in [-0.3, -0.25) is 4.79 Å². The van der Waals surface area contributed by atoms with Crippen molar-refractivity contribution >= 4 is 50.0 Å². The van der Waals surface area contributed by atoms with Crippen molar-refractivity contribution < 1.29 is 14.3 Å². The lowest BCUT2D eigenvalue weighted by Crippen LogP contribution is -2.14. The van der Waals surface area contributed by atoms with Crippen molar-refractivity contribution in [2.75, 3.05) is 17.9 Å². The number of fused-ring (bicyclic) bond motifs is 3. The number of carbonyl (C=O) groups is 1. The van der Waals surface area contributed by atoms with Crippen LogP contribution < -0.4 is 14.8 Å². The van der Waals surface area contributed by atoms with E-state index >= 15 is 0 Å². The summed E-state index contributed by atoms with van der Waals surface area (Å²) in [6, 6.07) is 15.4. The number of nitrogens with zero attached hydrogens (tertiary/aromatic N) is 5. The summed E-state index contributed by atoms with van der Waals surface area (Å²) in [6.45, 7) is 2.25. The summed E-state index contributed by atoms with van der Waals surface area (Å²) in [5.74, 6) is 1.40. The molecular formula is C22H16N6O3S2. The highest BCUT2D eigenvalue weighted by Crippen LogP contribution is 2.35. The highest BCUT2D eigenvalue weighted by Gasteiger charge is 2.16. The molecule has 9 nitrogen and oxygen atoms in total. The maximum Gasteiger partial charge on any atom is 0.236 e. The molecule has 1 N–H and O–H groups in total. The second kappa shape index (κ2) is 8.01. The van der Waals surface area contributed by atoms with Gasteiger partial charge in [0.15, 0.2) is 22.3 Å². The van der Waals surface area contributed by atoms with Crippen molar-refractivity contribution in [3.8, 4) is 22.8 Å². The molecule has 5 aromatic rings. The first-order valence-electron chi connectivity index (χ1n) is 10.0. The molecule has 0 saturated carbocycles. The Morgan fingerprint density at radius 2 is 2.03 bits per heavy atom. The van der Waals surface area contributed by atoms with E-state index in [4.69, 9.17) is 9.47 Å². The first-order chi connectivity index (χ1) is 16.1. The molecule has 0 bridgehead atoms. The monoisotopic (exact) mass is 476 g/mol. The number of hydrogen-bond acceptors (Lipinski definition) is 9. The smallest absolute Gasteiger partial charge is 0.236 e. The van der Waals surface area contributed by atoms with E-state index in [2.05, 4.69) is 31.7 Å². The van der Waals surface area contributed by atoms with Gasteiger partial charge in [-0.1, -0.05) is 29.2 Å². The van der Waals surface area contributed by atoms with Crippen molar-refractivity contribution in [2.45, 2.75) is 12.1 Å². The van der Waals surface area contributed by atoms with Crippen LogP contribution in [0.15, 0.2) is 53.7 Å². The number of nitrogens with one attached hydrogen (secondary N) is 1. The predicted molar refractivity (Wildman–Crippen MR) is 126 cm³/mol. The van der Waals surface area contributed by atoms with Crippen LogP contribution in [0.2, 0.25) is 0 Å². The Balaban J connectivity index is 1.19. The molecule has 1 aliphatic rings. The fourth-order valence-corrected chi connectivity index (χ4v) is 5.11. The normalized spacial score (nSPS) is 12.5. The molecule has 0 fully saturated rings. The first kappa shape index (κ1) is 19.9. The zero-order valence-corrected chi connectivity index (χ0v) is 18.9. The van der Waals surface area contributed by atoms with Gasteiger partial charge in [-0.15, -0.1) is 10.2 Å². The van der Waals surface area contributed by atoms with Gasteiger partial charge in [-0.25, -0.2) is 4.98 Å². The van der Waals surface area contributed by atoms with Crippen LogP contribution in [0, 0.1) is 6.92 Å². The van der Waals surface area contributed by atoms with E-state index in [0.717, 1.165) is 32.8 Å². The van der Waals surface area contributed by atoms with E-state index in [9.17, 15) is 4.79 Å². The number of thioether (sulfide) groups is 1. The van der Waals surface area contributed by atoms with Crippen LogP contribution in [0.1, 0.15) is 5.56 Å². The third-order valence-electron chi connectivity index (χ3n) is 5.03. The SMILES string of the molecule is Cc1ccc2nc(NC(=O)CSc3nnc4ccc(-c5ccc6c(c5)OCO6)nn34)sc2c1. The summed E-state index contributed by atoms with van der Waals surface area (Å²) in [6.07, 6.45) is 0. The van der Waals surface area contributed by atoms with Gasteiger partial charge in [-0.05, 0) is 55.0 Å². The van der Waals surface area contributed by atoms with Crippen molar-refractivity contribution in [3.63, 3.8) is 0 Å². The Morgan fingerprint density at radius 1 is 1.12 bits per heavy atom. The molecule has 1 amide bonds. The highest BCUT2D eigenvalue weighted by atomic mass is 32.2. The minimum atomic E-state index is -0.167. The number of benzene rings is 2. The molecule has 0 atom stereocenters. The summed E-state index contributed by atoms with van der Waals surface area (Å²) in [4.78, 5) is 17.0.